The number of rotatable bonds is 10. The lowest BCUT2D eigenvalue weighted by molar-refractivity contribution is -0.138. The molecule has 0 spiro atoms. The minimum atomic E-state index is -0.859. The molecule has 5 aromatic rings. The number of methoxy groups -OCH3 is 2. The number of ether oxygens (including phenoxy) is 4. The first-order valence-electron chi connectivity index (χ1n) is 15.0. The molecule has 1 aliphatic heterocycles. The molecule has 48 heavy (non-hydrogen) atoms. The van der Waals surface area contributed by atoms with Crippen LogP contribution in [0.5, 0.6) is 17.2 Å². The Bertz CT molecular complexity index is 2200. The van der Waals surface area contributed by atoms with Gasteiger partial charge in [-0.2, -0.15) is 0 Å². The van der Waals surface area contributed by atoms with E-state index in [0.29, 0.717) is 44.4 Å². The lowest BCUT2D eigenvalue weighted by atomic mass is 9.93. The van der Waals surface area contributed by atoms with Gasteiger partial charge < -0.3 is 18.9 Å². The third kappa shape index (κ3) is 6.94. The summed E-state index contributed by atoms with van der Waals surface area (Å²) in [5, 5.41) is 0. The summed E-state index contributed by atoms with van der Waals surface area (Å²) in [5.41, 5.74) is 3.57. The van der Waals surface area contributed by atoms with Crippen LogP contribution in [-0.4, -0.2) is 31.4 Å². The van der Waals surface area contributed by atoms with E-state index < -0.39 is 12.0 Å². The van der Waals surface area contributed by atoms with Crippen LogP contribution in [-0.2, 0) is 16.1 Å². The number of hydrogen-bond donors (Lipinski definition) is 0. The number of carbonyl (C=O) groups excluding carboxylic acids is 1. The summed E-state index contributed by atoms with van der Waals surface area (Å²) in [5.74, 6) is 1.11. The highest BCUT2D eigenvalue weighted by molar-refractivity contribution is 14.1. The van der Waals surface area contributed by atoms with Crippen LogP contribution >= 0.6 is 56.5 Å². The van der Waals surface area contributed by atoms with E-state index in [2.05, 4.69) is 45.2 Å². The van der Waals surface area contributed by atoms with Crippen molar-refractivity contribution in [3.63, 3.8) is 0 Å². The number of halogens is 2. The largest absolute Gasteiger partial charge is 0.493 e. The molecular formula is C37H30I2N2O6S. The summed E-state index contributed by atoms with van der Waals surface area (Å²) in [7, 11) is 3.10. The predicted molar refractivity (Wildman–Crippen MR) is 203 cm³/mol. The first kappa shape index (κ1) is 33.9. The lowest BCUT2D eigenvalue weighted by Crippen LogP contribution is -2.40. The Balaban J connectivity index is 1.59. The van der Waals surface area contributed by atoms with Crippen molar-refractivity contribution in [1.82, 2.24) is 4.57 Å². The Labute approximate surface area is 308 Å². The van der Waals surface area contributed by atoms with Crippen LogP contribution in [0.1, 0.15) is 35.2 Å². The van der Waals surface area contributed by atoms with E-state index in [1.807, 2.05) is 84.9 Å². The Morgan fingerprint density at radius 2 is 1.65 bits per heavy atom. The topological polar surface area (TPSA) is 88.4 Å². The van der Waals surface area contributed by atoms with Crippen LogP contribution in [0.2, 0.25) is 0 Å². The third-order valence-corrected chi connectivity index (χ3v) is 10.1. The molecular weight excluding hydrogens is 854 g/mol. The zero-order valence-electron chi connectivity index (χ0n) is 26.2. The molecule has 11 heteroatoms. The number of carbonyl (C=O) groups is 1. The molecule has 4 aromatic carbocycles. The highest BCUT2D eigenvalue weighted by Crippen LogP contribution is 2.38. The molecule has 0 fully saturated rings. The maximum atomic E-state index is 14.5. The van der Waals surface area contributed by atoms with Gasteiger partial charge in [0, 0.05) is 14.7 Å². The van der Waals surface area contributed by atoms with Crippen molar-refractivity contribution in [2.24, 2.45) is 4.99 Å². The van der Waals surface area contributed by atoms with Crippen molar-refractivity contribution < 1.29 is 23.7 Å². The molecule has 6 rings (SSSR count). The lowest BCUT2D eigenvalue weighted by Gasteiger charge is -2.26. The van der Waals surface area contributed by atoms with Crippen molar-refractivity contribution in [3.8, 4) is 17.2 Å². The quantitative estimate of drug-likeness (QED) is 0.114. The molecule has 0 aliphatic carbocycles. The Kier molecular flexibility index (Phi) is 10.7. The van der Waals surface area contributed by atoms with Gasteiger partial charge in [0.25, 0.3) is 5.56 Å². The molecule has 0 N–H and O–H groups in total. The second kappa shape index (κ2) is 15.1. The molecule has 8 nitrogen and oxygen atoms in total. The van der Waals surface area contributed by atoms with Gasteiger partial charge in [0.2, 0.25) is 0 Å². The predicted octanol–water partition coefficient (Wildman–Crippen LogP) is 6.74. The number of fused-ring (bicyclic) bond motifs is 1. The smallest absolute Gasteiger partial charge is 0.338 e. The number of nitrogens with zero attached hydrogens (tertiary/aromatic N) is 2. The minimum Gasteiger partial charge on any atom is -0.493 e. The van der Waals surface area contributed by atoms with Gasteiger partial charge in [-0.05, 0) is 93.6 Å². The van der Waals surface area contributed by atoms with E-state index in [0.717, 1.165) is 23.8 Å². The van der Waals surface area contributed by atoms with Crippen molar-refractivity contribution in [2.75, 3.05) is 20.8 Å². The van der Waals surface area contributed by atoms with Gasteiger partial charge in [0.05, 0.1) is 46.2 Å². The maximum absolute atomic E-state index is 14.5. The van der Waals surface area contributed by atoms with Gasteiger partial charge in [0.1, 0.15) is 12.4 Å². The standard InChI is InChI=1S/C37H30I2N2O6S/c1-4-46-36(43)31-32(23-13-9-6-10-14-23)40-37-41(33(31)24-15-16-28(44-2)29(18-24)45-3)35(42)30(48-37)19-25-17-26(38)20-27(39)34(25)47-21-22-11-7-5-8-12-22/h5-20,33H,4,21H2,1-3H3/b30-19-/t33-/m0/s1. The van der Waals surface area contributed by atoms with E-state index >= 15 is 0 Å². The number of thiazole rings is 1. The van der Waals surface area contributed by atoms with Crippen LogP contribution in [0.25, 0.3) is 11.8 Å². The van der Waals surface area contributed by atoms with Gasteiger partial charge in [-0.1, -0.05) is 78.1 Å². The fraction of sp³-hybridized carbons (Fsp3) is 0.162. The van der Waals surface area contributed by atoms with Crippen LogP contribution < -0.4 is 29.1 Å². The SMILES string of the molecule is CCOC(=O)C1=C(c2ccccc2)N=c2s/c(=C\c3cc(I)cc(I)c3OCc3ccccc3)c(=O)n2[C@H]1c1ccc(OC)c(OC)c1. The fourth-order valence-corrected chi connectivity index (χ4v) is 8.53. The molecule has 1 atom stereocenters. The number of hydrogen-bond acceptors (Lipinski definition) is 8. The first-order valence-corrected chi connectivity index (χ1v) is 18.0. The normalized spacial score (nSPS) is 14.3. The van der Waals surface area contributed by atoms with E-state index in [-0.39, 0.29) is 17.7 Å². The van der Waals surface area contributed by atoms with E-state index in [1.165, 1.54) is 11.3 Å². The maximum Gasteiger partial charge on any atom is 0.338 e. The molecule has 1 aromatic heterocycles. The average molecular weight is 885 g/mol. The molecule has 0 amide bonds. The highest BCUT2D eigenvalue weighted by Gasteiger charge is 2.35. The Hall–Kier alpha value is -3.95. The van der Waals surface area contributed by atoms with Gasteiger partial charge in [-0.25, -0.2) is 9.79 Å². The van der Waals surface area contributed by atoms with Crippen LogP contribution in [0.4, 0.5) is 0 Å². The summed E-state index contributed by atoms with van der Waals surface area (Å²) in [6, 6.07) is 27.9. The molecule has 0 bridgehead atoms. The Morgan fingerprint density at radius 1 is 0.938 bits per heavy atom. The van der Waals surface area contributed by atoms with Crippen molar-refractivity contribution >= 4 is 74.3 Å². The van der Waals surface area contributed by atoms with Gasteiger partial charge >= 0.3 is 5.97 Å². The number of esters is 1. The third-order valence-electron chi connectivity index (χ3n) is 7.65. The van der Waals surface area contributed by atoms with Crippen molar-refractivity contribution in [2.45, 2.75) is 19.6 Å². The molecule has 2 heterocycles. The number of benzene rings is 4. The van der Waals surface area contributed by atoms with Gasteiger partial charge in [-0.15, -0.1) is 0 Å². The molecule has 0 radical (unpaired) electrons. The molecule has 244 valence electrons. The van der Waals surface area contributed by atoms with Gasteiger partial charge in [0.15, 0.2) is 16.3 Å². The second-order valence-electron chi connectivity index (χ2n) is 10.6. The highest BCUT2D eigenvalue weighted by atomic mass is 127. The van der Waals surface area contributed by atoms with Crippen LogP contribution in [0.3, 0.4) is 0 Å². The van der Waals surface area contributed by atoms with Crippen LogP contribution in [0, 0.1) is 7.14 Å². The Morgan fingerprint density at radius 3 is 2.33 bits per heavy atom. The van der Waals surface area contributed by atoms with Gasteiger partial charge in [-0.3, -0.25) is 9.36 Å². The fourth-order valence-electron chi connectivity index (χ4n) is 5.49. The zero-order valence-corrected chi connectivity index (χ0v) is 31.4. The summed E-state index contributed by atoms with van der Waals surface area (Å²) in [6.07, 6.45) is 1.84. The summed E-state index contributed by atoms with van der Waals surface area (Å²) < 4.78 is 27.0. The monoisotopic (exact) mass is 884 g/mol. The molecule has 1 aliphatic rings. The van der Waals surface area contributed by atoms with E-state index in [1.54, 1.807) is 37.8 Å². The second-order valence-corrected chi connectivity index (χ2v) is 14.0. The summed E-state index contributed by atoms with van der Waals surface area (Å²) >= 11 is 5.79. The first-order chi connectivity index (χ1) is 23.3. The minimum absolute atomic E-state index is 0.157. The number of aromatic nitrogens is 1. The molecule has 0 unspecified atom stereocenters. The van der Waals surface area contributed by atoms with E-state index in [4.69, 9.17) is 23.9 Å². The summed E-state index contributed by atoms with van der Waals surface area (Å²) in [4.78, 5) is 33.8. The molecule has 0 saturated heterocycles. The summed E-state index contributed by atoms with van der Waals surface area (Å²) in [6.45, 7) is 2.29. The zero-order chi connectivity index (χ0) is 33.8. The van der Waals surface area contributed by atoms with E-state index in [9.17, 15) is 9.59 Å². The van der Waals surface area contributed by atoms with Crippen molar-refractivity contribution in [3.05, 3.63) is 146 Å². The van der Waals surface area contributed by atoms with Crippen LogP contribution in [0.15, 0.2) is 106 Å². The average Bonchev–Trinajstić information content (AvgIpc) is 3.41. The van der Waals surface area contributed by atoms with Crippen molar-refractivity contribution in [1.29, 1.82) is 0 Å². The molecule has 0 saturated carbocycles.